The van der Waals surface area contributed by atoms with Gasteiger partial charge in [-0.1, -0.05) is 152 Å². The van der Waals surface area contributed by atoms with Crippen molar-refractivity contribution in [2.45, 2.75) is 0 Å². The molecule has 0 spiro atoms. The SMILES string of the molecule is c1ccc(N(c2ccc(-c3ccccc3-n3c4ccccc4c4ccccc43)cc2)c2cccc3ccccc23)c(-c2cccc3sc4ccccc4c23)c1. The highest BCUT2D eigenvalue weighted by atomic mass is 32.1. The zero-order valence-electron chi connectivity index (χ0n) is 29.9. The minimum atomic E-state index is 1.10. The van der Waals surface area contributed by atoms with Gasteiger partial charge in [-0.05, 0) is 71.1 Å². The summed E-state index contributed by atoms with van der Waals surface area (Å²) in [4.78, 5) is 2.45. The molecule has 0 unspecified atom stereocenters. The van der Waals surface area contributed by atoms with Crippen LogP contribution in [0, 0.1) is 0 Å². The van der Waals surface area contributed by atoms with Crippen molar-refractivity contribution < 1.29 is 0 Å². The Kier molecular flexibility index (Phi) is 7.39. The predicted octanol–water partition coefficient (Wildman–Crippen LogP) is 15.1. The first-order chi connectivity index (χ1) is 27.3. The molecule has 0 N–H and O–H groups in total. The zero-order valence-corrected chi connectivity index (χ0v) is 30.7. The van der Waals surface area contributed by atoms with E-state index in [-0.39, 0.29) is 0 Å². The number of anilines is 3. The molecule has 55 heavy (non-hydrogen) atoms. The average molecular weight is 719 g/mol. The maximum Gasteiger partial charge on any atom is 0.0541 e. The summed E-state index contributed by atoms with van der Waals surface area (Å²) in [5.74, 6) is 0. The molecule has 2 heterocycles. The van der Waals surface area contributed by atoms with Gasteiger partial charge in [0.05, 0.1) is 28.1 Å². The van der Waals surface area contributed by atoms with Gasteiger partial charge in [0.15, 0.2) is 0 Å². The number of para-hydroxylation sites is 4. The van der Waals surface area contributed by atoms with Crippen LogP contribution in [-0.2, 0) is 0 Å². The molecule has 0 aliphatic heterocycles. The largest absolute Gasteiger partial charge is 0.309 e. The Balaban J connectivity index is 1.11. The Morgan fingerprint density at radius 2 is 0.909 bits per heavy atom. The Morgan fingerprint density at radius 3 is 1.71 bits per heavy atom. The van der Waals surface area contributed by atoms with Crippen LogP contribution in [0.15, 0.2) is 206 Å². The van der Waals surface area contributed by atoms with Crippen molar-refractivity contribution in [1.29, 1.82) is 0 Å². The molecular formula is C52H34N2S. The maximum absolute atomic E-state index is 2.45. The zero-order chi connectivity index (χ0) is 36.3. The van der Waals surface area contributed by atoms with Gasteiger partial charge in [0, 0.05) is 53.1 Å². The molecule has 0 bridgehead atoms. The average Bonchev–Trinajstić information content (AvgIpc) is 3.80. The third-order valence-corrected chi connectivity index (χ3v) is 12.1. The van der Waals surface area contributed by atoms with Crippen LogP contribution >= 0.6 is 11.3 Å². The molecule has 0 aliphatic rings. The number of benzene rings is 9. The number of hydrogen-bond acceptors (Lipinski definition) is 2. The second-order valence-corrected chi connectivity index (χ2v) is 15.1. The summed E-state index contributed by atoms with van der Waals surface area (Å²) in [6.45, 7) is 0. The third-order valence-electron chi connectivity index (χ3n) is 11.0. The summed E-state index contributed by atoms with van der Waals surface area (Å²) in [6.07, 6.45) is 0. The van der Waals surface area contributed by atoms with Gasteiger partial charge in [-0.3, -0.25) is 0 Å². The molecule has 258 valence electrons. The van der Waals surface area contributed by atoms with Crippen LogP contribution in [0.5, 0.6) is 0 Å². The molecule has 0 atom stereocenters. The van der Waals surface area contributed by atoms with Gasteiger partial charge < -0.3 is 9.47 Å². The lowest BCUT2D eigenvalue weighted by Crippen LogP contribution is -2.11. The van der Waals surface area contributed by atoms with E-state index in [9.17, 15) is 0 Å². The summed E-state index contributed by atoms with van der Waals surface area (Å²) < 4.78 is 5.03. The van der Waals surface area contributed by atoms with E-state index >= 15 is 0 Å². The lowest BCUT2D eigenvalue weighted by molar-refractivity contribution is 1.18. The van der Waals surface area contributed by atoms with Gasteiger partial charge in [-0.15, -0.1) is 11.3 Å². The molecule has 0 fully saturated rings. The Morgan fingerprint density at radius 1 is 0.364 bits per heavy atom. The van der Waals surface area contributed by atoms with Crippen LogP contribution in [0.3, 0.4) is 0 Å². The van der Waals surface area contributed by atoms with Crippen LogP contribution in [0.4, 0.5) is 17.1 Å². The van der Waals surface area contributed by atoms with E-state index in [1.54, 1.807) is 0 Å². The van der Waals surface area contributed by atoms with Gasteiger partial charge in [0.2, 0.25) is 0 Å². The van der Waals surface area contributed by atoms with E-state index < -0.39 is 0 Å². The summed E-state index contributed by atoms with van der Waals surface area (Å²) in [7, 11) is 0. The molecule has 0 saturated heterocycles. The molecular weight excluding hydrogens is 685 g/mol. The van der Waals surface area contributed by atoms with E-state index in [0.29, 0.717) is 0 Å². The number of hydrogen-bond donors (Lipinski definition) is 0. The Bertz CT molecular complexity index is 3160. The molecule has 3 heteroatoms. The van der Waals surface area contributed by atoms with E-state index in [1.165, 1.54) is 80.7 Å². The number of aromatic nitrogens is 1. The first-order valence-electron chi connectivity index (χ1n) is 18.8. The van der Waals surface area contributed by atoms with Crippen molar-refractivity contribution in [2.24, 2.45) is 0 Å². The van der Waals surface area contributed by atoms with Gasteiger partial charge >= 0.3 is 0 Å². The summed E-state index contributed by atoms with van der Waals surface area (Å²) in [5, 5.41) is 7.56. The molecule has 9 aromatic carbocycles. The van der Waals surface area contributed by atoms with E-state index in [4.69, 9.17) is 0 Å². The molecule has 0 amide bonds. The fraction of sp³-hybridized carbons (Fsp3) is 0. The second-order valence-electron chi connectivity index (χ2n) is 14.1. The molecule has 0 aliphatic carbocycles. The van der Waals surface area contributed by atoms with Crippen LogP contribution in [0.2, 0.25) is 0 Å². The van der Waals surface area contributed by atoms with Crippen LogP contribution in [0.1, 0.15) is 0 Å². The van der Waals surface area contributed by atoms with Crippen molar-refractivity contribution >= 4 is 81.1 Å². The highest BCUT2D eigenvalue weighted by Gasteiger charge is 2.22. The lowest BCUT2D eigenvalue weighted by atomic mass is 9.96. The van der Waals surface area contributed by atoms with Crippen molar-refractivity contribution in [3.63, 3.8) is 0 Å². The van der Waals surface area contributed by atoms with Gasteiger partial charge in [0.25, 0.3) is 0 Å². The topological polar surface area (TPSA) is 8.17 Å². The summed E-state index contributed by atoms with van der Waals surface area (Å²) in [5.41, 5.74) is 11.8. The van der Waals surface area contributed by atoms with Gasteiger partial charge in [-0.25, -0.2) is 0 Å². The molecule has 2 nitrogen and oxygen atoms in total. The summed E-state index contributed by atoms with van der Waals surface area (Å²) >= 11 is 1.86. The van der Waals surface area contributed by atoms with Crippen molar-refractivity contribution in [3.05, 3.63) is 206 Å². The smallest absolute Gasteiger partial charge is 0.0541 e. The quantitative estimate of drug-likeness (QED) is 0.166. The number of rotatable bonds is 6. The molecule has 2 aromatic heterocycles. The second kappa shape index (κ2) is 12.9. The van der Waals surface area contributed by atoms with E-state index in [2.05, 4.69) is 216 Å². The maximum atomic E-state index is 2.45. The molecule has 0 saturated carbocycles. The first-order valence-corrected chi connectivity index (χ1v) is 19.6. The van der Waals surface area contributed by atoms with Crippen molar-refractivity contribution in [1.82, 2.24) is 4.57 Å². The number of thiophene rings is 1. The fourth-order valence-corrected chi connectivity index (χ4v) is 9.72. The van der Waals surface area contributed by atoms with E-state index in [1.807, 2.05) is 11.3 Å². The van der Waals surface area contributed by atoms with Gasteiger partial charge in [0.1, 0.15) is 0 Å². The highest BCUT2D eigenvalue weighted by Crippen LogP contribution is 2.47. The third kappa shape index (κ3) is 5.09. The predicted molar refractivity (Wildman–Crippen MR) is 237 cm³/mol. The normalized spacial score (nSPS) is 11.6. The molecule has 0 radical (unpaired) electrons. The first kappa shape index (κ1) is 31.6. The summed E-state index contributed by atoms with van der Waals surface area (Å²) in [6, 6.07) is 75.2. The lowest BCUT2D eigenvalue weighted by Gasteiger charge is -2.29. The molecule has 11 aromatic rings. The van der Waals surface area contributed by atoms with Crippen LogP contribution in [0.25, 0.3) is 80.7 Å². The minimum Gasteiger partial charge on any atom is -0.309 e. The van der Waals surface area contributed by atoms with Crippen molar-refractivity contribution in [3.8, 4) is 27.9 Å². The Hall–Kier alpha value is -6.94. The van der Waals surface area contributed by atoms with Gasteiger partial charge in [-0.2, -0.15) is 0 Å². The number of fused-ring (bicyclic) bond motifs is 7. The van der Waals surface area contributed by atoms with Crippen LogP contribution < -0.4 is 4.90 Å². The Labute approximate surface area is 323 Å². The van der Waals surface area contributed by atoms with Crippen LogP contribution in [-0.4, -0.2) is 4.57 Å². The number of nitrogens with zero attached hydrogens (tertiary/aromatic N) is 2. The van der Waals surface area contributed by atoms with Crippen molar-refractivity contribution in [2.75, 3.05) is 4.90 Å². The highest BCUT2D eigenvalue weighted by molar-refractivity contribution is 7.25. The van der Waals surface area contributed by atoms with E-state index in [0.717, 1.165) is 17.1 Å². The minimum absolute atomic E-state index is 1.10. The fourth-order valence-electron chi connectivity index (χ4n) is 8.59. The standard InChI is InChI=1S/C52H34N2S/c1-2-17-38-35(15-1)16-13-28-45(38)53(47-25-9-6-21-42(47)43-23-14-30-51-52(43)44-22-7-12-29-50(44)55-51)37-33-31-36(32-34-37)39-18-3-8-24-46(39)54-48-26-10-4-19-40(48)41-20-5-11-27-49(41)54/h1-34H. The monoisotopic (exact) mass is 718 g/mol. The molecule has 11 rings (SSSR count).